The average molecular weight is 352 g/mol. The van der Waals surface area contributed by atoms with E-state index in [1.807, 2.05) is 0 Å². The summed E-state index contributed by atoms with van der Waals surface area (Å²) in [4.78, 5) is -0.152. The Morgan fingerprint density at radius 3 is 2.15 bits per heavy atom. The first-order chi connectivity index (χ1) is 9.36. The van der Waals surface area contributed by atoms with Crippen molar-refractivity contribution in [2.24, 2.45) is 0 Å². The molecule has 0 aromatic heterocycles. The number of halogens is 3. The van der Waals surface area contributed by atoms with Crippen molar-refractivity contribution in [3.63, 3.8) is 0 Å². The highest BCUT2D eigenvalue weighted by atomic mass is 35.7. The lowest BCUT2D eigenvalue weighted by molar-refractivity contribution is 0.298. The summed E-state index contributed by atoms with van der Waals surface area (Å²) >= 11 is 11.5. The third-order valence-corrected chi connectivity index (χ3v) is 4.31. The van der Waals surface area contributed by atoms with Crippen LogP contribution in [-0.2, 0) is 15.7 Å². The van der Waals surface area contributed by atoms with Crippen molar-refractivity contribution in [3.8, 4) is 5.75 Å². The van der Waals surface area contributed by atoms with Crippen molar-refractivity contribution in [3.05, 3.63) is 58.1 Å². The molecule has 7 heteroatoms. The molecule has 0 aliphatic rings. The fraction of sp³-hybridized carbons (Fsp3) is 0.0769. The zero-order valence-electron chi connectivity index (χ0n) is 10.0. The van der Waals surface area contributed by atoms with E-state index >= 15 is 0 Å². The van der Waals surface area contributed by atoms with E-state index in [1.165, 1.54) is 18.2 Å². The van der Waals surface area contributed by atoms with Crippen LogP contribution in [-0.4, -0.2) is 8.42 Å². The van der Waals surface area contributed by atoms with Crippen molar-refractivity contribution in [2.45, 2.75) is 11.5 Å². The second-order valence-electron chi connectivity index (χ2n) is 3.94. The molecule has 0 bridgehead atoms. The minimum Gasteiger partial charge on any atom is -0.487 e. The van der Waals surface area contributed by atoms with Gasteiger partial charge in [-0.1, -0.05) is 35.3 Å². The van der Waals surface area contributed by atoms with E-state index in [-0.39, 0.29) is 22.3 Å². The lowest BCUT2D eigenvalue weighted by Gasteiger charge is -2.10. The van der Waals surface area contributed by atoms with E-state index in [0.717, 1.165) is 5.56 Å². The molecule has 0 atom stereocenters. The minimum absolute atomic E-state index is 0.152. The largest absolute Gasteiger partial charge is 0.487 e. The predicted octanol–water partition coefficient (Wildman–Crippen LogP) is 4.50. The molecule has 20 heavy (non-hydrogen) atoms. The molecule has 0 amide bonds. The van der Waals surface area contributed by atoms with Gasteiger partial charge in [0.2, 0.25) is 0 Å². The van der Waals surface area contributed by atoms with Crippen LogP contribution in [0.25, 0.3) is 0 Å². The molecular weight excluding hydrogens is 343 g/mol. The van der Waals surface area contributed by atoms with Gasteiger partial charge in [-0.05, 0) is 35.9 Å². The molecule has 0 fully saturated rings. The lowest BCUT2D eigenvalue weighted by atomic mass is 10.2. The van der Waals surface area contributed by atoms with E-state index < -0.39 is 9.05 Å². The Bertz CT molecular complexity index is 712. The molecule has 0 radical (unpaired) electrons. The van der Waals surface area contributed by atoms with Gasteiger partial charge in [0.15, 0.2) is 0 Å². The third-order valence-electron chi connectivity index (χ3n) is 2.48. The summed E-state index contributed by atoms with van der Waals surface area (Å²) in [5, 5.41) is 0.882. The van der Waals surface area contributed by atoms with Crippen LogP contribution in [0.5, 0.6) is 5.75 Å². The number of rotatable bonds is 4. The number of benzene rings is 2. The average Bonchev–Trinajstić information content (AvgIpc) is 2.38. The molecule has 0 aliphatic heterocycles. The summed E-state index contributed by atoms with van der Waals surface area (Å²) in [5.41, 5.74) is 0.849. The van der Waals surface area contributed by atoms with Gasteiger partial charge in [0.25, 0.3) is 9.05 Å². The van der Waals surface area contributed by atoms with Gasteiger partial charge in [-0.15, -0.1) is 0 Å². The van der Waals surface area contributed by atoms with Crippen molar-refractivity contribution < 1.29 is 13.2 Å². The van der Waals surface area contributed by atoms with E-state index in [4.69, 9.17) is 38.6 Å². The number of hydrogen-bond donors (Lipinski definition) is 0. The van der Waals surface area contributed by atoms with Crippen LogP contribution in [0.2, 0.25) is 10.0 Å². The Morgan fingerprint density at radius 1 is 0.950 bits per heavy atom. The molecule has 0 unspecified atom stereocenters. The van der Waals surface area contributed by atoms with Crippen molar-refractivity contribution in [1.82, 2.24) is 0 Å². The fourth-order valence-corrected chi connectivity index (χ4v) is 2.89. The number of hydrogen-bond acceptors (Lipinski definition) is 3. The molecule has 2 rings (SSSR count). The fourth-order valence-electron chi connectivity index (χ4n) is 1.53. The molecule has 0 spiro atoms. The van der Waals surface area contributed by atoms with Crippen LogP contribution in [0.4, 0.5) is 0 Å². The van der Waals surface area contributed by atoms with Gasteiger partial charge in [-0.3, -0.25) is 0 Å². The minimum atomic E-state index is -3.93. The maximum Gasteiger partial charge on any atom is 0.265 e. The molecule has 0 aliphatic carbocycles. The first-order valence-electron chi connectivity index (χ1n) is 5.48. The Morgan fingerprint density at radius 2 is 1.55 bits per heavy atom. The van der Waals surface area contributed by atoms with Crippen LogP contribution >= 0.6 is 33.9 Å². The first kappa shape index (κ1) is 15.4. The van der Waals surface area contributed by atoms with Gasteiger partial charge < -0.3 is 4.74 Å². The molecule has 0 N–H and O–H groups in total. The van der Waals surface area contributed by atoms with Crippen molar-refractivity contribution >= 4 is 42.9 Å². The molecule has 3 nitrogen and oxygen atoms in total. The highest BCUT2D eigenvalue weighted by Crippen LogP contribution is 2.30. The SMILES string of the molecule is O=S(=O)(Cl)c1cc(Cl)ccc1OCc1ccc(Cl)cc1. The molecule has 0 saturated heterocycles. The summed E-state index contributed by atoms with van der Waals surface area (Å²) in [7, 11) is 1.43. The van der Waals surface area contributed by atoms with Crippen LogP contribution in [0.3, 0.4) is 0 Å². The maximum absolute atomic E-state index is 11.5. The van der Waals surface area contributed by atoms with E-state index in [2.05, 4.69) is 0 Å². The van der Waals surface area contributed by atoms with E-state index in [9.17, 15) is 8.42 Å². The Labute approximate surface area is 131 Å². The topological polar surface area (TPSA) is 43.4 Å². The van der Waals surface area contributed by atoms with Gasteiger partial charge in [-0.2, -0.15) is 0 Å². The second-order valence-corrected chi connectivity index (χ2v) is 7.35. The monoisotopic (exact) mass is 350 g/mol. The summed E-state index contributed by atoms with van der Waals surface area (Å²) in [6.45, 7) is 0.193. The third kappa shape index (κ3) is 4.03. The molecule has 0 saturated carbocycles. The summed E-state index contributed by atoms with van der Waals surface area (Å²) < 4.78 is 28.4. The van der Waals surface area contributed by atoms with Gasteiger partial charge in [0.05, 0.1) is 0 Å². The Hall–Kier alpha value is -0.940. The maximum atomic E-state index is 11.5. The summed E-state index contributed by atoms with van der Waals surface area (Å²) in [6.07, 6.45) is 0. The van der Waals surface area contributed by atoms with Crippen molar-refractivity contribution in [1.29, 1.82) is 0 Å². The smallest absolute Gasteiger partial charge is 0.265 e. The van der Waals surface area contributed by atoms with Gasteiger partial charge in [0.1, 0.15) is 17.3 Å². The highest BCUT2D eigenvalue weighted by molar-refractivity contribution is 8.13. The normalized spacial score (nSPS) is 11.3. The van der Waals surface area contributed by atoms with Crippen LogP contribution in [0.15, 0.2) is 47.4 Å². The van der Waals surface area contributed by atoms with Gasteiger partial charge in [0, 0.05) is 20.7 Å². The summed E-state index contributed by atoms with van der Waals surface area (Å²) in [5.74, 6) is 0.152. The van der Waals surface area contributed by atoms with Crippen molar-refractivity contribution in [2.75, 3.05) is 0 Å². The quantitative estimate of drug-likeness (QED) is 0.762. The standard InChI is InChI=1S/C13H9Cl3O3S/c14-10-3-1-9(2-4-10)8-19-12-6-5-11(15)7-13(12)20(16,17)18/h1-7H,8H2. The molecule has 106 valence electrons. The zero-order chi connectivity index (χ0) is 14.8. The molecule has 2 aromatic rings. The molecule has 2 aromatic carbocycles. The second kappa shape index (κ2) is 6.22. The first-order valence-corrected chi connectivity index (χ1v) is 8.54. The summed E-state index contributed by atoms with van der Waals surface area (Å²) in [6, 6.07) is 11.3. The van der Waals surface area contributed by atoms with Crippen LogP contribution < -0.4 is 4.74 Å². The predicted molar refractivity (Wildman–Crippen MR) is 80.3 cm³/mol. The van der Waals surface area contributed by atoms with Crippen LogP contribution in [0, 0.1) is 0 Å². The Balaban J connectivity index is 2.23. The van der Waals surface area contributed by atoms with E-state index in [1.54, 1.807) is 24.3 Å². The highest BCUT2D eigenvalue weighted by Gasteiger charge is 2.17. The Kier molecular flexibility index (Phi) is 4.81. The molecular formula is C13H9Cl3O3S. The van der Waals surface area contributed by atoms with Gasteiger partial charge in [-0.25, -0.2) is 8.42 Å². The number of ether oxygens (including phenoxy) is 1. The van der Waals surface area contributed by atoms with Crippen LogP contribution in [0.1, 0.15) is 5.56 Å². The van der Waals surface area contributed by atoms with Gasteiger partial charge >= 0.3 is 0 Å². The van der Waals surface area contributed by atoms with E-state index in [0.29, 0.717) is 5.02 Å². The zero-order valence-corrected chi connectivity index (χ0v) is 13.1. The molecule has 0 heterocycles. The lowest BCUT2D eigenvalue weighted by Crippen LogP contribution is -2.00.